The first kappa shape index (κ1) is 13.4. The second kappa shape index (κ2) is 5.83. The maximum Gasteiger partial charge on any atom is 0.223 e. The fourth-order valence-corrected chi connectivity index (χ4v) is 2.11. The Morgan fingerprint density at radius 3 is 2.95 bits per heavy atom. The van der Waals surface area contributed by atoms with Crippen LogP contribution in [0.3, 0.4) is 0 Å². The van der Waals surface area contributed by atoms with Gasteiger partial charge in [0.1, 0.15) is 5.69 Å². The van der Waals surface area contributed by atoms with Crippen LogP contribution in [0.1, 0.15) is 13.3 Å². The minimum atomic E-state index is -0.438. The van der Waals surface area contributed by atoms with Crippen molar-refractivity contribution in [1.82, 2.24) is 15.0 Å². The highest BCUT2D eigenvalue weighted by Gasteiger charge is 2.10. The smallest absolute Gasteiger partial charge is 0.223 e. The van der Waals surface area contributed by atoms with E-state index in [0.29, 0.717) is 11.5 Å². The molecular weight excluding hydrogens is 267 g/mol. The predicted molar refractivity (Wildman–Crippen MR) is 81.5 cm³/mol. The van der Waals surface area contributed by atoms with E-state index >= 15 is 0 Å². The number of fused-ring (bicyclic) bond motifs is 1. The third-order valence-electron chi connectivity index (χ3n) is 3.16. The molecule has 4 nitrogen and oxygen atoms in total. The molecule has 0 unspecified atom stereocenters. The van der Waals surface area contributed by atoms with Crippen molar-refractivity contribution in [1.29, 1.82) is 0 Å². The monoisotopic (exact) mass is 282 g/mol. The molecular formula is C16H15FN4. The van der Waals surface area contributed by atoms with Crippen LogP contribution in [0.5, 0.6) is 0 Å². The molecule has 106 valence electrons. The van der Waals surface area contributed by atoms with E-state index in [1.54, 1.807) is 6.20 Å². The summed E-state index contributed by atoms with van der Waals surface area (Å²) in [4.78, 5) is 12.5. The summed E-state index contributed by atoms with van der Waals surface area (Å²) in [5, 5.41) is 4.08. The van der Waals surface area contributed by atoms with Crippen LogP contribution in [0.15, 0.2) is 42.7 Å². The number of nitrogens with one attached hydrogen (secondary N) is 1. The van der Waals surface area contributed by atoms with Crippen molar-refractivity contribution in [2.75, 3.05) is 11.9 Å². The van der Waals surface area contributed by atoms with Gasteiger partial charge in [0, 0.05) is 23.7 Å². The molecule has 3 aromatic rings. The lowest BCUT2D eigenvalue weighted by molar-refractivity contribution is 0.618. The van der Waals surface area contributed by atoms with Crippen LogP contribution in [-0.4, -0.2) is 21.5 Å². The fourth-order valence-electron chi connectivity index (χ4n) is 2.11. The van der Waals surface area contributed by atoms with Gasteiger partial charge in [0.15, 0.2) is 5.82 Å². The van der Waals surface area contributed by atoms with Gasteiger partial charge in [-0.3, -0.25) is 4.98 Å². The number of nitrogens with zero attached hydrogens (tertiary/aromatic N) is 3. The Morgan fingerprint density at radius 1 is 1.19 bits per heavy atom. The molecule has 3 rings (SSSR count). The second-order valence-corrected chi connectivity index (χ2v) is 4.73. The largest absolute Gasteiger partial charge is 0.354 e. The van der Waals surface area contributed by atoms with Crippen molar-refractivity contribution < 1.29 is 4.39 Å². The summed E-state index contributed by atoms with van der Waals surface area (Å²) in [5.74, 6) is 0.00157. The highest BCUT2D eigenvalue weighted by molar-refractivity contribution is 5.83. The van der Waals surface area contributed by atoms with Gasteiger partial charge in [-0.25, -0.2) is 14.4 Å². The summed E-state index contributed by atoms with van der Waals surface area (Å²) in [7, 11) is 0. The number of pyridine rings is 1. The lowest BCUT2D eigenvalue weighted by Crippen LogP contribution is -2.05. The average Bonchev–Trinajstić information content (AvgIpc) is 2.53. The van der Waals surface area contributed by atoms with Crippen LogP contribution in [-0.2, 0) is 0 Å². The molecule has 2 heterocycles. The molecule has 21 heavy (non-hydrogen) atoms. The van der Waals surface area contributed by atoms with Crippen molar-refractivity contribution in [2.24, 2.45) is 0 Å². The normalized spacial score (nSPS) is 10.8. The van der Waals surface area contributed by atoms with Crippen molar-refractivity contribution in [3.63, 3.8) is 0 Å². The van der Waals surface area contributed by atoms with Gasteiger partial charge in [0.2, 0.25) is 5.95 Å². The zero-order chi connectivity index (χ0) is 14.7. The molecule has 1 aromatic carbocycles. The first-order chi connectivity index (χ1) is 10.3. The van der Waals surface area contributed by atoms with Crippen LogP contribution in [0.4, 0.5) is 10.3 Å². The van der Waals surface area contributed by atoms with Gasteiger partial charge in [-0.15, -0.1) is 0 Å². The Labute approximate surface area is 122 Å². The molecule has 0 bridgehead atoms. The fraction of sp³-hybridized carbons (Fsp3) is 0.188. The molecule has 0 aliphatic carbocycles. The van der Waals surface area contributed by atoms with E-state index < -0.39 is 5.82 Å². The number of aromatic nitrogens is 3. The summed E-state index contributed by atoms with van der Waals surface area (Å²) >= 11 is 0. The van der Waals surface area contributed by atoms with Crippen LogP contribution in [0.25, 0.3) is 22.2 Å². The zero-order valence-corrected chi connectivity index (χ0v) is 11.7. The predicted octanol–water partition coefficient (Wildman–Crippen LogP) is 3.65. The van der Waals surface area contributed by atoms with Crippen molar-refractivity contribution >= 4 is 16.9 Å². The molecule has 2 aromatic heterocycles. The molecule has 0 aliphatic heterocycles. The van der Waals surface area contributed by atoms with Crippen LogP contribution in [0.2, 0.25) is 0 Å². The van der Waals surface area contributed by atoms with E-state index in [1.807, 2.05) is 37.3 Å². The number of benzene rings is 1. The quantitative estimate of drug-likeness (QED) is 0.793. The van der Waals surface area contributed by atoms with Crippen LogP contribution < -0.4 is 5.32 Å². The Bertz CT molecular complexity index is 773. The Balaban J connectivity index is 2.04. The minimum absolute atomic E-state index is 0.288. The van der Waals surface area contributed by atoms with Crippen molar-refractivity contribution in [2.45, 2.75) is 13.3 Å². The van der Waals surface area contributed by atoms with Crippen LogP contribution in [0, 0.1) is 5.82 Å². The zero-order valence-electron chi connectivity index (χ0n) is 11.7. The van der Waals surface area contributed by atoms with Crippen molar-refractivity contribution in [3.8, 4) is 11.3 Å². The number of halogens is 1. The highest BCUT2D eigenvalue weighted by Crippen LogP contribution is 2.24. The highest BCUT2D eigenvalue weighted by atomic mass is 19.1. The molecule has 0 saturated carbocycles. The lowest BCUT2D eigenvalue weighted by atomic mass is 10.1. The molecule has 0 aliphatic rings. The van der Waals surface area contributed by atoms with Gasteiger partial charge in [0.25, 0.3) is 0 Å². The molecule has 0 saturated heterocycles. The maximum absolute atomic E-state index is 14.0. The maximum atomic E-state index is 14.0. The van der Waals surface area contributed by atoms with Gasteiger partial charge in [0.05, 0.1) is 11.7 Å². The Kier molecular flexibility index (Phi) is 3.73. The SMILES string of the molecule is CCCNc1ncc(F)c(-c2ccc3cccnc3c2)n1. The summed E-state index contributed by atoms with van der Waals surface area (Å²) in [6.07, 6.45) is 3.87. The summed E-state index contributed by atoms with van der Waals surface area (Å²) < 4.78 is 14.0. The minimum Gasteiger partial charge on any atom is -0.354 e. The molecule has 5 heteroatoms. The molecule has 0 fully saturated rings. The van der Waals surface area contributed by atoms with E-state index in [1.165, 1.54) is 6.20 Å². The van der Waals surface area contributed by atoms with Gasteiger partial charge >= 0.3 is 0 Å². The molecule has 1 N–H and O–H groups in total. The number of anilines is 1. The third-order valence-corrected chi connectivity index (χ3v) is 3.16. The van der Waals surface area contributed by atoms with Gasteiger partial charge in [-0.1, -0.05) is 25.1 Å². The van der Waals surface area contributed by atoms with Crippen molar-refractivity contribution in [3.05, 3.63) is 48.5 Å². The summed E-state index contributed by atoms with van der Waals surface area (Å²) in [6, 6.07) is 9.44. The molecule has 0 spiro atoms. The number of hydrogen-bond acceptors (Lipinski definition) is 4. The average molecular weight is 282 g/mol. The van der Waals surface area contributed by atoms with E-state index in [2.05, 4.69) is 20.3 Å². The van der Waals surface area contributed by atoms with E-state index in [0.717, 1.165) is 23.9 Å². The molecule has 0 amide bonds. The number of rotatable bonds is 4. The van der Waals surface area contributed by atoms with E-state index in [9.17, 15) is 4.39 Å². The Hall–Kier alpha value is -2.56. The van der Waals surface area contributed by atoms with Crippen LogP contribution >= 0.6 is 0 Å². The Morgan fingerprint density at radius 2 is 2.10 bits per heavy atom. The first-order valence-corrected chi connectivity index (χ1v) is 6.89. The molecule has 0 radical (unpaired) electrons. The van der Waals surface area contributed by atoms with Gasteiger partial charge in [-0.2, -0.15) is 0 Å². The van der Waals surface area contributed by atoms with E-state index in [-0.39, 0.29) is 5.69 Å². The van der Waals surface area contributed by atoms with Gasteiger partial charge in [-0.05, 0) is 18.6 Å². The third kappa shape index (κ3) is 2.81. The van der Waals surface area contributed by atoms with E-state index in [4.69, 9.17) is 0 Å². The lowest BCUT2D eigenvalue weighted by Gasteiger charge is -2.07. The molecule has 0 atom stereocenters. The summed E-state index contributed by atoms with van der Waals surface area (Å²) in [6.45, 7) is 2.80. The second-order valence-electron chi connectivity index (χ2n) is 4.73. The summed E-state index contributed by atoms with van der Waals surface area (Å²) in [5.41, 5.74) is 1.80. The first-order valence-electron chi connectivity index (χ1n) is 6.89. The standard InChI is InChI=1S/C16H15FN4/c1-2-7-19-16-20-10-13(17)15(21-16)12-6-5-11-4-3-8-18-14(11)9-12/h3-6,8-10H,2,7H2,1H3,(H,19,20,21). The van der Waals surface area contributed by atoms with Gasteiger partial charge < -0.3 is 5.32 Å². The number of hydrogen-bond donors (Lipinski definition) is 1. The topological polar surface area (TPSA) is 50.7 Å².